The van der Waals surface area contributed by atoms with Gasteiger partial charge in [0.15, 0.2) is 5.78 Å². The lowest BCUT2D eigenvalue weighted by Gasteiger charge is -2.34. The summed E-state index contributed by atoms with van der Waals surface area (Å²) in [6.45, 7) is 0. The maximum Gasteiger partial charge on any atom is 0.240 e. The van der Waals surface area contributed by atoms with Gasteiger partial charge in [-0.05, 0) is 47.5 Å². The van der Waals surface area contributed by atoms with Gasteiger partial charge in [0.1, 0.15) is 23.3 Å². The summed E-state index contributed by atoms with van der Waals surface area (Å²) in [6, 6.07) is 17.7. The van der Waals surface area contributed by atoms with E-state index in [4.69, 9.17) is 14.2 Å². The molecule has 0 aromatic heterocycles. The highest BCUT2D eigenvalue weighted by Crippen LogP contribution is 2.54. The van der Waals surface area contributed by atoms with Crippen molar-refractivity contribution >= 4 is 29.5 Å². The molecule has 3 aromatic rings. The molecule has 0 N–H and O–H groups in total. The maximum absolute atomic E-state index is 14.1. The summed E-state index contributed by atoms with van der Waals surface area (Å²) in [4.78, 5) is 43.3. The molecule has 192 valence electrons. The first-order valence-electron chi connectivity index (χ1n) is 12.2. The molecule has 3 aliphatic rings. The lowest BCUT2D eigenvalue weighted by Crippen LogP contribution is -2.44. The molecule has 9 nitrogen and oxygen atoms in total. The molecule has 2 fully saturated rings. The number of ketones is 1. The average Bonchev–Trinajstić information content (AvgIpc) is 3.44. The number of methoxy groups -OCH3 is 3. The molecule has 6 rings (SSSR count). The quantitative estimate of drug-likeness (QED) is 0.369. The summed E-state index contributed by atoms with van der Waals surface area (Å²) in [5, 5.41) is 6.24. The summed E-state index contributed by atoms with van der Waals surface area (Å²) in [5.74, 6) is -1.42. The van der Waals surface area contributed by atoms with Gasteiger partial charge in [0.25, 0.3) is 0 Å². The second-order valence-electron chi connectivity index (χ2n) is 9.34. The van der Waals surface area contributed by atoms with E-state index in [1.54, 1.807) is 60.8 Å². The van der Waals surface area contributed by atoms with Crippen LogP contribution in [0.1, 0.15) is 27.5 Å². The maximum atomic E-state index is 14.1. The minimum atomic E-state index is -0.964. The molecule has 4 atom stereocenters. The van der Waals surface area contributed by atoms with Gasteiger partial charge < -0.3 is 14.2 Å². The molecule has 0 spiro atoms. The van der Waals surface area contributed by atoms with E-state index in [2.05, 4.69) is 5.10 Å². The summed E-state index contributed by atoms with van der Waals surface area (Å²) in [7, 11) is 4.54. The smallest absolute Gasteiger partial charge is 0.240 e. The van der Waals surface area contributed by atoms with Gasteiger partial charge in [-0.2, -0.15) is 5.10 Å². The summed E-state index contributed by atoms with van der Waals surface area (Å²) < 4.78 is 16.0. The molecule has 2 amide bonds. The Balaban J connectivity index is 1.48. The first kappa shape index (κ1) is 23.7. The largest absolute Gasteiger partial charge is 0.497 e. The number of imide groups is 1. The monoisotopic (exact) mass is 511 g/mol. The third kappa shape index (κ3) is 3.38. The fourth-order valence-electron chi connectivity index (χ4n) is 5.80. The van der Waals surface area contributed by atoms with Crippen molar-refractivity contribution in [1.82, 2.24) is 5.01 Å². The summed E-state index contributed by atoms with van der Waals surface area (Å²) in [6.07, 6.45) is 1.68. The lowest BCUT2D eigenvalue weighted by atomic mass is 9.83. The van der Waals surface area contributed by atoms with E-state index in [1.807, 2.05) is 24.3 Å². The zero-order chi connectivity index (χ0) is 26.6. The number of hydrogen-bond donors (Lipinski definition) is 0. The normalized spacial score (nSPS) is 23.1. The van der Waals surface area contributed by atoms with Crippen molar-refractivity contribution in [1.29, 1.82) is 0 Å². The zero-order valence-electron chi connectivity index (χ0n) is 21.0. The van der Waals surface area contributed by atoms with Crippen LogP contribution in [0.5, 0.6) is 17.2 Å². The van der Waals surface area contributed by atoms with Crippen molar-refractivity contribution in [2.24, 2.45) is 16.9 Å². The van der Waals surface area contributed by atoms with Gasteiger partial charge in [0.2, 0.25) is 11.8 Å². The van der Waals surface area contributed by atoms with Crippen LogP contribution in [0.15, 0.2) is 71.8 Å². The van der Waals surface area contributed by atoms with Crippen molar-refractivity contribution in [3.05, 3.63) is 83.4 Å². The Labute approximate surface area is 219 Å². The number of ether oxygens (including phenoxy) is 3. The van der Waals surface area contributed by atoms with E-state index in [0.717, 1.165) is 16.0 Å². The Bertz CT molecular complexity index is 1480. The molecule has 0 bridgehead atoms. The van der Waals surface area contributed by atoms with Crippen LogP contribution in [0.3, 0.4) is 0 Å². The van der Waals surface area contributed by atoms with Gasteiger partial charge in [-0.15, -0.1) is 0 Å². The highest BCUT2D eigenvalue weighted by atomic mass is 16.5. The van der Waals surface area contributed by atoms with E-state index < -0.39 is 35.7 Å². The minimum absolute atomic E-state index is 0.286. The second kappa shape index (κ2) is 9.02. The van der Waals surface area contributed by atoms with Crippen LogP contribution in [0.2, 0.25) is 0 Å². The predicted molar refractivity (Wildman–Crippen MR) is 139 cm³/mol. The minimum Gasteiger partial charge on any atom is -0.497 e. The van der Waals surface area contributed by atoms with Gasteiger partial charge in [0, 0.05) is 11.6 Å². The molecule has 0 radical (unpaired) electrons. The molecule has 0 saturated carbocycles. The van der Waals surface area contributed by atoms with Gasteiger partial charge in [-0.3, -0.25) is 19.4 Å². The Morgan fingerprint density at radius 2 is 1.50 bits per heavy atom. The first-order valence-corrected chi connectivity index (χ1v) is 12.2. The fraction of sp³-hybridized carbons (Fsp3) is 0.241. The number of hydrazone groups is 1. The van der Waals surface area contributed by atoms with E-state index >= 15 is 0 Å². The molecule has 3 aromatic carbocycles. The standard InChI is InChI=1S/C29H25N3O6/c1-36-18-10-8-16(9-11-18)27(33)26-24-23(25-20-7-5-4-6-17(20)15-30-32(25)26)28(34)31(29(24)35)21-13-12-19(37-2)14-22(21)38-3/h4-15,23-26H,1-3H3/t23-,24+,25?,26-/m0/s1. The van der Waals surface area contributed by atoms with Crippen LogP contribution < -0.4 is 19.1 Å². The van der Waals surface area contributed by atoms with Crippen LogP contribution in [0.25, 0.3) is 0 Å². The van der Waals surface area contributed by atoms with Crippen LogP contribution in [0, 0.1) is 11.8 Å². The Morgan fingerprint density at radius 1 is 0.816 bits per heavy atom. The van der Waals surface area contributed by atoms with Crippen molar-refractivity contribution in [2.75, 3.05) is 26.2 Å². The Hall–Kier alpha value is -4.66. The molecular weight excluding hydrogens is 486 g/mol. The number of carbonyl (C=O) groups is 3. The van der Waals surface area contributed by atoms with Gasteiger partial charge >= 0.3 is 0 Å². The average molecular weight is 512 g/mol. The first-order chi connectivity index (χ1) is 18.5. The van der Waals surface area contributed by atoms with Crippen molar-refractivity contribution < 1.29 is 28.6 Å². The lowest BCUT2D eigenvalue weighted by molar-refractivity contribution is -0.124. The highest BCUT2D eigenvalue weighted by molar-refractivity contribution is 6.25. The summed E-state index contributed by atoms with van der Waals surface area (Å²) in [5.41, 5.74) is 2.43. The van der Waals surface area contributed by atoms with E-state index in [1.165, 1.54) is 14.2 Å². The van der Waals surface area contributed by atoms with Crippen molar-refractivity contribution in [2.45, 2.75) is 12.1 Å². The molecular formula is C29H25N3O6. The number of carbonyl (C=O) groups excluding carboxylic acids is 3. The third-order valence-electron chi connectivity index (χ3n) is 7.56. The Morgan fingerprint density at radius 3 is 2.21 bits per heavy atom. The highest BCUT2D eigenvalue weighted by Gasteiger charge is 2.65. The SMILES string of the molecule is COc1ccc(C(=O)[C@@H]2[C@@H]3C(=O)N(c4ccc(OC)cc4OC)C(=O)[C@@H]3C3c4ccccc4C=NN32)cc1. The second-order valence-corrected chi connectivity index (χ2v) is 9.34. The Kier molecular flexibility index (Phi) is 5.63. The molecule has 2 saturated heterocycles. The van der Waals surface area contributed by atoms with Crippen molar-refractivity contribution in [3.8, 4) is 17.2 Å². The van der Waals surface area contributed by atoms with Gasteiger partial charge in [-0.25, -0.2) is 4.90 Å². The van der Waals surface area contributed by atoms with Crippen LogP contribution >= 0.6 is 0 Å². The predicted octanol–water partition coefficient (Wildman–Crippen LogP) is 3.47. The number of anilines is 1. The molecule has 3 heterocycles. The molecule has 1 unspecified atom stereocenters. The van der Waals surface area contributed by atoms with Crippen molar-refractivity contribution in [3.63, 3.8) is 0 Å². The number of benzene rings is 3. The number of hydrogen-bond acceptors (Lipinski definition) is 8. The number of fused-ring (bicyclic) bond motifs is 5. The summed E-state index contributed by atoms with van der Waals surface area (Å²) >= 11 is 0. The molecule has 0 aliphatic carbocycles. The number of Topliss-reactive ketones (excluding diaryl/α,β-unsaturated/α-hetero) is 1. The van der Waals surface area contributed by atoms with E-state index in [-0.39, 0.29) is 5.78 Å². The van der Waals surface area contributed by atoms with Gasteiger partial charge in [0.05, 0.1) is 51.1 Å². The zero-order valence-corrected chi connectivity index (χ0v) is 21.0. The topological polar surface area (TPSA) is 97.7 Å². The van der Waals surface area contributed by atoms with Crippen LogP contribution in [-0.2, 0) is 9.59 Å². The number of amides is 2. The number of nitrogens with zero attached hydrogens (tertiary/aromatic N) is 3. The van der Waals surface area contributed by atoms with E-state index in [9.17, 15) is 14.4 Å². The van der Waals surface area contributed by atoms with Gasteiger partial charge in [-0.1, -0.05) is 24.3 Å². The molecule has 38 heavy (non-hydrogen) atoms. The molecule has 3 aliphatic heterocycles. The van der Waals surface area contributed by atoms with Crippen LogP contribution in [0.4, 0.5) is 5.69 Å². The number of rotatable bonds is 6. The van der Waals surface area contributed by atoms with E-state index in [0.29, 0.717) is 28.5 Å². The fourth-order valence-corrected chi connectivity index (χ4v) is 5.80. The molecule has 9 heteroatoms. The third-order valence-corrected chi connectivity index (χ3v) is 7.56. The van der Waals surface area contributed by atoms with Crippen LogP contribution in [-0.4, -0.2) is 56.2 Å².